The maximum absolute atomic E-state index is 11.1. The van der Waals surface area contributed by atoms with E-state index in [0.29, 0.717) is 23.7 Å². The Balaban J connectivity index is 0.000000485. The van der Waals surface area contributed by atoms with E-state index < -0.39 is 0 Å². The fraction of sp³-hybridized carbons (Fsp3) is 0.727. The summed E-state index contributed by atoms with van der Waals surface area (Å²) in [5, 5.41) is 0. The maximum atomic E-state index is 11.1. The van der Waals surface area contributed by atoms with Crippen molar-refractivity contribution in [3.05, 3.63) is 24.3 Å². The van der Waals surface area contributed by atoms with Gasteiger partial charge in [0.25, 0.3) is 0 Å². The number of unbranched alkanes of at least 4 members (excludes halogenated alkanes) is 1. The number of carbonyl (C=O) groups excluding carboxylic acids is 2. The van der Waals surface area contributed by atoms with Crippen LogP contribution in [0.25, 0.3) is 0 Å². The van der Waals surface area contributed by atoms with Crippen molar-refractivity contribution in [2.45, 2.75) is 91.6 Å². The van der Waals surface area contributed by atoms with Crippen LogP contribution in [0.1, 0.15) is 85.5 Å². The van der Waals surface area contributed by atoms with Crippen LogP contribution in [-0.4, -0.2) is 24.6 Å². The van der Waals surface area contributed by atoms with Gasteiger partial charge in [-0.2, -0.15) is 0 Å². The van der Waals surface area contributed by atoms with E-state index in [-0.39, 0.29) is 18.0 Å². The molecule has 4 heteroatoms. The summed E-state index contributed by atoms with van der Waals surface area (Å²) in [7, 11) is 0. The zero-order valence-corrected chi connectivity index (χ0v) is 17.3. The second kappa shape index (κ2) is 14.6. The number of ether oxygens (including phenoxy) is 2. The first-order chi connectivity index (χ1) is 12.3. The molecule has 26 heavy (non-hydrogen) atoms. The topological polar surface area (TPSA) is 52.6 Å². The van der Waals surface area contributed by atoms with Crippen molar-refractivity contribution in [2.75, 3.05) is 6.61 Å². The fourth-order valence-electron chi connectivity index (χ4n) is 2.65. The average molecular weight is 367 g/mol. The van der Waals surface area contributed by atoms with E-state index in [1.807, 2.05) is 0 Å². The van der Waals surface area contributed by atoms with Gasteiger partial charge in [0, 0.05) is 11.1 Å². The van der Waals surface area contributed by atoms with Crippen LogP contribution in [0.5, 0.6) is 0 Å². The van der Waals surface area contributed by atoms with Gasteiger partial charge in [-0.1, -0.05) is 52.7 Å². The van der Waals surface area contributed by atoms with Gasteiger partial charge in [-0.25, -0.2) is 9.59 Å². The molecule has 1 fully saturated rings. The molecule has 150 valence electrons. The SMILES string of the molecule is C=C(C)C(=O)OC1CCCCC1.C=C(C)C(=O)OCC(CC)CCCC. The molecule has 4 nitrogen and oxygen atoms in total. The van der Waals surface area contributed by atoms with Gasteiger partial charge in [-0.05, 0) is 51.9 Å². The van der Waals surface area contributed by atoms with Crippen LogP contribution < -0.4 is 0 Å². The van der Waals surface area contributed by atoms with Crippen LogP contribution >= 0.6 is 0 Å². The third-order valence-corrected chi connectivity index (χ3v) is 4.52. The lowest BCUT2D eigenvalue weighted by Gasteiger charge is -2.21. The van der Waals surface area contributed by atoms with E-state index >= 15 is 0 Å². The smallest absolute Gasteiger partial charge is 0.333 e. The Bertz CT molecular complexity index is 447. The zero-order chi connectivity index (χ0) is 19.9. The molecule has 1 atom stereocenters. The number of hydrogen-bond donors (Lipinski definition) is 0. The normalized spacial score (nSPS) is 15.2. The molecule has 0 heterocycles. The van der Waals surface area contributed by atoms with Crippen LogP contribution in [0.3, 0.4) is 0 Å². The van der Waals surface area contributed by atoms with Crippen molar-refractivity contribution in [1.29, 1.82) is 0 Å². The average Bonchev–Trinajstić information content (AvgIpc) is 2.62. The highest BCUT2D eigenvalue weighted by atomic mass is 16.5. The second-order valence-electron chi connectivity index (χ2n) is 7.24. The molecule has 1 aliphatic rings. The molecule has 1 unspecified atom stereocenters. The molecule has 0 bridgehead atoms. The highest BCUT2D eigenvalue weighted by Crippen LogP contribution is 2.20. The lowest BCUT2D eigenvalue weighted by atomic mass is 9.98. The molecule has 1 saturated carbocycles. The van der Waals surface area contributed by atoms with E-state index in [1.165, 1.54) is 32.1 Å². The minimum Gasteiger partial charge on any atom is -0.462 e. The summed E-state index contributed by atoms with van der Waals surface area (Å²) in [5.41, 5.74) is 0.982. The Morgan fingerprint density at radius 1 is 1.00 bits per heavy atom. The van der Waals surface area contributed by atoms with Gasteiger partial charge in [0.1, 0.15) is 6.10 Å². The quantitative estimate of drug-likeness (QED) is 0.384. The predicted octanol–water partition coefficient (Wildman–Crippen LogP) is 5.76. The second-order valence-corrected chi connectivity index (χ2v) is 7.24. The first-order valence-corrected chi connectivity index (χ1v) is 10.0. The highest BCUT2D eigenvalue weighted by Gasteiger charge is 2.17. The monoisotopic (exact) mass is 366 g/mol. The Labute approximate surface area is 160 Å². The summed E-state index contributed by atoms with van der Waals surface area (Å²) in [5.74, 6) is 0.0140. The van der Waals surface area contributed by atoms with Gasteiger partial charge in [-0.3, -0.25) is 0 Å². The lowest BCUT2D eigenvalue weighted by molar-refractivity contribution is -0.145. The van der Waals surface area contributed by atoms with Crippen molar-refractivity contribution in [3.8, 4) is 0 Å². The van der Waals surface area contributed by atoms with Crippen molar-refractivity contribution in [2.24, 2.45) is 5.92 Å². The van der Waals surface area contributed by atoms with E-state index in [9.17, 15) is 9.59 Å². The Morgan fingerprint density at radius 2 is 1.58 bits per heavy atom. The van der Waals surface area contributed by atoms with Crippen molar-refractivity contribution >= 4 is 11.9 Å². The van der Waals surface area contributed by atoms with E-state index in [4.69, 9.17) is 9.47 Å². The molecule has 0 amide bonds. The largest absolute Gasteiger partial charge is 0.462 e. The molecule has 0 aromatic carbocycles. The number of esters is 2. The molecule has 1 rings (SSSR count). The van der Waals surface area contributed by atoms with Crippen LogP contribution in [0.15, 0.2) is 24.3 Å². The summed E-state index contributed by atoms with van der Waals surface area (Å²) in [6, 6.07) is 0. The van der Waals surface area contributed by atoms with Crippen molar-refractivity contribution in [1.82, 2.24) is 0 Å². The summed E-state index contributed by atoms with van der Waals surface area (Å²) in [4.78, 5) is 22.2. The summed E-state index contributed by atoms with van der Waals surface area (Å²) < 4.78 is 10.3. The summed E-state index contributed by atoms with van der Waals surface area (Å²) in [6.07, 6.45) is 10.5. The van der Waals surface area contributed by atoms with Gasteiger partial charge in [0.15, 0.2) is 0 Å². The lowest BCUT2D eigenvalue weighted by Crippen LogP contribution is -2.20. The van der Waals surface area contributed by atoms with Crippen LogP contribution in [0.2, 0.25) is 0 Å². The number of hydrogen-bond acceptors (Lipinski definition) is 4. The third kappa shape index (κ3) is 11.9. The minimum absolute atomic E-state index is 0.156. The maximum Gasteiger partial charge on any atom is 0.333 e. The first kappa shape index (κ1) is 24.4. The Morgan fingerprint density at radius 3 is 2.04 bits per heavy atom. The zero-order valence-electron chi connectivity index (χ0n) is 17.3. The molecule has 0 radical (unpaired) electrons. The molecule has 0 spiro atoms. The standard InChI is InChI=1S/C12H22O2.C10H16O2/c1-5-7-8-11(6-2)9-14-12(13)10(3)4;1-8(2)10(11)12-9-6-4-3-5-7-9/h11H,3,5-9H2,1-2,4H3;9H,1,3-7H2,2H3. The van der Waals surface area contributed by atoms with E-state index in [0.717, 1.165) is 25.7 Å². The van der Waals surface area contributed by atoms with Gasteiger partial charge in [0.05, 0.1) is 6.61 Å². The number of carbonyl (C=O) groups is 2. The summed E-state index contributed by atoms with van der Waals surface area (Å²) >= 11 is 0. The Kier molecular flexibility index (Phi) is 13.7. The summed E-state index contributed by atoms with van der Waals surface area (Å²) in [6.45, 7) is 15.3. The van der Waals surface area contributed by atoms with Gasteiger partial charge >= 0.3 is 11.9 Å². The van der Waals surface area contributed by atoms with Crippen LogP contribution in [0.4, 0.5) is 0 Å². The van der Waals surface area contributed by atoms with Gasteiger partial charge < -0.3 is 9.47 Å². The van der Waals surface area contributed by atoms with Gasteiger partial charge in [0.2, 0.25) is 0 Å². The highest BCUT2D eigenvalue weighted by molar-refractivity contribution is 5.87. The molecule has 0 aromatic heterocycles. The molecular formula is C22H38O4. The van der Waals surface area contributed by atoms with Crippen molar-refractivity contribution < 1.29 is 19.1 Å². The molecule has 0 aromatic rings. The first-order valence-electron chi connectivity index (χ1n) is 10.0. The molecular weight excluding hydrogens is 328 g/mol. The fourth-order valence-corrected chi connectivity index (χ4v) is 2.65. The van der Waals surface area contributed by atoms with Crippen LogP contribution in [0, 0.1) is 5.92 Å². The van der Waals surface area contributed by atoms with Gasteiger partial charge in [-0.15, -0.1) is 0 Å². The molecule has 0 saturated heterocycles. The van der Waals surface area contributed by atoms with Crippen LogP contribution in [-0.2, 0) is 19.1 Å². The molecule has 0 N–H and O–H groups in total. The van der Waals surface area contributed by atoms with E-state index in [1.54, 1.807) is 13.8 Å². The number of rotatable bonds is 9. The minimum atomic E-state index is -0.264. The Hall–Kier alpha value is -1.58. The molecule has 0 aliphatic heterocycles. The van der Waals surface area contributed by atoms with E-state index in [2.05, 4.69) is 27.0 Å². The predicted molar refractivity (Wildman–Crippen MR) is 107 cm³/mol. The molecule has 1 aliphatic carbocycles. The third-order valence-electron chi connectivity index (χ3n) is 4.52. The van der Waals surface area contributed by atoms with Crippen molar-refractivity contribution in [3.63, 3.8) is 0 Å².